The van der Waals surface area contributed by atoms with Crippen LogP contribution in [0.3, 0.4) is 0 Å². The molecule has 0 aliphatic rings. The van der Waals surface area contributed by atoms with Crippen LogP contribution in [0.1, 0.15) is 12.6 Å². The third-order valence-electron chi connectivity index (χ3n) is 1.96. The van der Waals surface area contributed by atoms with Crippen LogP contribution in [0.25, 0.3) is 12.3 Å². The molecule has 0 unspecified atom stereocenters. The fraction of sp³-hybridized carbons (Fsp3) is 0.200. The molecule has 1 rings (SSSR count). The van der Waals surface area contributed by atoms with E-state index in [4.69, 9.17) is 0 Å². The topological polar surface area (TPSA) is 44.0 Å². The van der Waals surface area contributed by atoms with E-state index in [1.807, 2.05) is 0 Å². The maximum atomic E-state index is 11.6. The summed E-state index contributed by atoms with van der Waals surface area (Å²) in [6, 6.07) is 1.36. The van der Waals surface area contributed by atoms with E-state index in [1.54, 1.807) is 6.92 Å². The minimum Gasteiger partial charge on any atom is -0.270 e. The predicted octanol–water partition coefficient (Wildman–Crippen LogP) is 0.773. The van der Waals surface area contributed by atoms with Gasteiger partial charge in [-0.25, -0.2) is 4.79 Å². The van der Waals surface area contributed by atoms with Crippen LogP contribution < -0.4 is 11.2 Å². The number of nitrogens with zero attached hydrogens (tertiary/aromatic N) is 2. The molecule has 1 aromatic rings. The minimum atomic E-state index is -0.384. The first-order chi connectivity index (χ1) is 6.65. The van der Waals surface area contributed by atoms with Gasteiger partial charge < -0.3 is 0 Å². The first-order valence-corrected chi connectivity index (χ1v) is 4.27. The Bertz CT molecular complexity index is 480. The average Bonchev–Trinajstić information content (AvgIpc) is 2.17. The lowest BCUT2D eigenvalue weighted by molar-refractivity contribution is 0.652. The van der Waals surface area contributed by atoms with Gasteiger partial charge in [-0.1, -0.05) is 13.2 Å². The molecule has 0 saturated carbocycles. The van der Waals surface area contributed by atoms with E-state index in [9.17, 15) is 9.59 Å². The molecule has 0 N–H and O–H groups in total. The van der Waals surface area contributed by atoms with Crippen molar-refractivity contribution in [1.29, 1.82) is 0 Å². The first kappa shape index (κ1) is 10.2. The number of aromatic nitrogens is 2. The van der Waals surface area contributed by atoms with Gasteiger partial charge in [-0.05, 0) is 13.0 Å². The molecule has 0 aliphatic carbocycles. The van der Waals surface area contributed by atoms with Crippen LogP contribution in [0.4, 0.5) is 0 Å². The van der Waals surface area contributed by atoms with Crippen LogP contribution in [0.5, 0.6) is 0 Å². The molecule has 14 heavy (non-hydrogen) atoms. The van der Waals surface area contributed by atoms with Gasteiger partial charge in [0, 0.05) is 18.8 Å². The quantitative estimate of drug-likeness (QED) is 0.710. The van der Waals surface area contributed by atoms with Crippen LogP contribution in [0, 0.1) is 0 Å². The molecule has 4 heteroatoms. The molecule has 1 heterocycles. The minimum absolute atomic E-state index is 0.314. The Kier molecular flexibility index (Phi) is 2.86. The Morgan fingerprint density at radius 3 is 2.50 bits per heavy atom. The maximum absolute atomic E-state index is 11.6. The molecule has 0 aliphatic heterocycles. The average molecular weight is 192 g/mol. The van der Waals surface area contributed by atoms with Crippen LogP contribution in [-0.2, 0) is 6.54 Å². The lowest BCUT2D eigenvalue weighted by Gasteiger charge is -2.07. The van der Waals surface area contributed by atoms with Crippen molar-refractivity contribution in [2.45, 2.75) is 13.5 Å². The Morgan fingerprint density at radius 1 is 1.43 bits per heavy atom. The molecule has 0 saturated heterocycles. The fourth-order valence-electron chi connectivity index (χ4n) is 1.24. The summed E-state index contributed by atoms with van der Waals surface area (Å²) in [6.45, 7) is 9.12. The summed E-state index contributed by atoms with van der Waals surface area (Å²) in [5.74, 6) is 0. The first-order valence-electron chi connectivity index (χ1n) is 4.27. The smallest absolute Gasteiger partial charge is 0.270 e. The Hall–Kier alpha value is -1.84. The van der Waals surface area contributed by atoms with Gasteiger partial charge in [0.2, 0.25) is 0 Å². The van der Waals surface area contributed by atoms with Crippen LogP contribution >= 0.6 is 0 Å². The molecular formula is C10H12N2O2. The molecule has 0 amide bonds. The molecule has 0 atom stereocenters. The zero-order valence-corrected chi connectivity index (χ0v) is 8.06. The van der Waals surface area contributed by atoms with Gasteiger partial charge in [0.05, 0.1) is 5.69 Å². The highest BCUT2D eigenvalue weighted by molar-refractivity contribution is 5.45. The molecule has 0 bridgehead atoms. The lowest BCUT2D eigenvalue weighted by atomic mass is 10.4. The van der Waals surface area contributed by atoms with Gasteiger partial charge in [-0.15, -0.1) is 0 Å². The standard InChI is InChI=1S/C10H12N2O2/c1-4-8-7-9(13)12(6-3)10(14)11(8)5-2/h4-5,7H,1-2,6H2,3H3. The van der Waals surface area contributed by atoms with Crippen molar-refractivity contribution in [3.8, 4) is 0 Å². The van der Waals surface area contributed by atoms with Crippen molar-refractivity contribution in [1.82, 2.24) is 9.13 Å². The highest BCUT2D eigenvalue weighted by Crippen LogP contribution is 1.94. The second kappa shape index (κ2) is 3.91. The fourth-order valence-corrected chi connectivity index (χ4v) is 1.24. The van der Waals surface area contributed by atoms with E-state index in [-0.39, 0.29) is 11.2 Å². The highest BCUT2D eigenvalue weighted by atomic mass is 16.2. The Morgan fingerprint density at radius 2 is 2.07 bits per heavy atom. The Labute approximate surface area is 81.4 Å². The van der Waals surface area contributed by atoms with Gasteiger partial charge in [-0.3, -0.25) is 13.9 Å². The zero-order chi connectivity index (χ0) is 10.7. The monoisotopic (exact) mass is 192 g/mol. The van der Waals surface area contributed by atoms with Crippen molar-refractivity contribution in [3.05, 3.63) is 45.8 Å². The van der Waals surface area contributed by atoms with Gasteiger partial charge in [0.25, 0.3) is 5.56 Å². The van der Waals surface area contributed by atoms with E-state index in [1.165, 1.54) is 22.9 Å². The third kappa shape index (κ3) is 1.46. The second-order valence-corrected chi connectivity index (χ2v) is 2.69. The number of hydrogen-bond acceptors (Lipinski definition) is 2. The van der Waals surface area contributed by atoms with Crippen molar-refractivity contribution < 1.29 is 0 Å². The van der Waals surface area contributed by atoms with Crippen molar-refractivity contribution >= 4 is 12.3 Å². The van der Waals surface area contributed by atoms with E-state index in [0.717, 1.165) is 4.57 Å². The summed E-state index contributed by atoms with van der Waals surface area (Å²) < 4.78 is 2.42. The largest absolute Gasteiger partial charge is 0.335 e. The predicted molar refractivity (Wildman–Crippen MR) is 57.1 cm³/mol. The van der Waals surface area contributed by atoms with Crippen LogP contribution in [0.15, 0.2) is 28.8 Å². The maximum Gasteiger partial charge on any atom is 0.335 e. The molecule has 0 aromatic carbocycles. The van der Waals surface area contributed by atoms with E-state index < -0.39 is 0 Å². The van der Waals surface area contributed by atoms with Crippen LogP contribution in [0.2, 0.25) is 0 Å². The summed E-state index contributed by atoms with van der Waals surface area (Å²) >= 11 is 0. The third-order valence-corrected chi connectivity index (χ3v) is 1.96. The van der Waals surface area contributed by atoms with Crippen LogP contribution in [-0.4, -0.2) is 9.13 Å². The molecule has 4 nitrogen and oxygen atoms in total. The second-order valence-electron chi connectivity index (χ2n) is 2.69. The normalized spacial score (nSPS) is 9.79. The summed E-state index contributed by atoms with van der Waals surface area (Å²) in [6.07, 6.45) is 2.81. The summed E-state index contributed by atoms with van der Waals surface area (Å²) in [5.41, 5.74) is -0.241. The number of hydrogen-bond donors (Lipinski definition) is 0. The van der Waals surface area contributed by atoms with E-state index in [2.05, 4.69) is 13.2 Å². The Balaban J connectivity index is 3.73. The van der Waals surface area contributed by atoms with Gasteiger partial charge in [0.15, 0.2) is 0 Å². The summed E-state index contributed by atoms with van der Waals surface area (Å²) in [5, 5.41) is 0. The molecule has 0 radical (unpaired) electrons. The SMILES string of the molecule is C=Cc1cc(=O)n(CC)c(=O)n1C=C. The van der Waals surface area contributed by atoms with Gasteiger partial charge in [0.1, 0.15) is 0 Å². The summed E-state index contributed by atoms with van der Waals surface area (Å²) in [7, 11) is 0. The molecule has 74 valence electrons. The lowest BCUT2D eigenvalue weighted by Crippen LogP contribution is -2.38. The highest BCUT2D eigenvalue weighted by Gasteiger charge is 2.04. The number of rotatable bonds is 3. The van der Waals surface area contributed by atoms with Crippen molar-refractivity contribution in [2.75, 3.05) is 0 Å². The van der Waals surface area contributed by atoms with E-state index in [0.29, 0.717) is 12.2 Å². The van der Waals surface area contributed by atoms with E-state index >= 15 is 0 Å². The molecule has 0 spiro atoms. The molecule has 0 fully saturated rings. The van der Waals surface area contributed by atoms with Gasteiger partial charge >= 0.3 is 5.69 Å². The molecular weight excluding hydrogens is 180 g/mol. The van der Waals surface area contributed by atoms with Crippen molar-refractivity contribution in [3.63, 3.8) is 0 Å². The van der Waals surface area contributed by atoms with Crippen molar-refractivity contribution in [2.24, 2.45) is 0 Å². The molecule has 1 aromatic heterocycles. The summed E-state index contributed by atoms with van der Waals surface area (Å²) in [4.78, 5) is 23.0. The zero-order valence-electron chi connectivity index (χ0n) is 8.06. The van der Waals surface area contributed by atoms with Gasteiger partial charge in [-0.2, -0.15) is 0 Å².